The second kappa shape index (κ2) is 10.9. The van der Waals surface area contributed by atoms with Crippen LogP contribution >= 0.6 is 0 Å². The predicted molar refractivity (Wildman–Crippen MR) is 122 cm³/mol. The molecule has 0 saturated carbocycles. The lowest BCUT2D eigenvalue weighted by atomic mass is 10.2. The number of carbonyl (C=O) groups excluding carboxylic acids is 1. The van der Waals surface area contributed by atoms with Gasteiger partial charge in [-0.15, -0.1) is 0 Å². The van der Waals surface area contributed by atoms with Crippen molar-refractivity contribution < 1.29 is 14.3 Å². The Morgan fingerprint density at radius 2 is 1.77 bits per heavy atom. The predicted octanol–water partition coefficient (Wildman–Crippen LogP) is 2.90. The highest BCUT2D eigenvalue weighted by Crippen LogP contribution is 2.28. The minimum atomic E-state index is -0.365. The van der Waals surface area contributed by atoms with Crippen LogP contribution in [0, 0.1) is 13.8 Å². The molecular weight excluding hydrogens is 394 g/mol. The minimum absolute atomic E-state index is 0.338. The first-order valence-corrected chi connectivity index (χ1v) is 10.9. The molecule has 3 rings (SSSR count). The summed E-state index contributed by atoms with van der Waals surface area (Å²) >= 11 is 0. The van der Waals surface area contributed by atoms with Crippen molar-refractivity contribution in [2.75, 3.05) is 63.2 Å². The van der Waals surface area contributed by atoms with Gasteiger partial charge in [-0.05, 0) is 45.9 Å². The van der Waals surface area contributed by atoms with E-state index in [0.717, 1.165) is 51.4 Å². The second-order valence-corrected chi connectivity index (χ2v) is 7.59. The van der Waals surface area contributed by atoms with E-state index in [2.05, 4.69) is 37.2 Å². The Morgan fingerprint density at radius 3 is 2.42 bits per heavy atom. The lowest BCUT2D eigenvalue weighted by Gasteiger charge is -2.36. The smallest absolute Gasteiger partial charge is 0.341 e. The van der Waals surface area contributed by atoms with Crippen LogP contribution in [0.2, 0.25) is 0 Å². The SMILES string of the molecule is CCOC(=O)c1c(C)nc(NCCCN2CCN(c3ccccc3OC)CC2)nc1C. The van der Waals surface area contributed by atoms with E-state index in [1.807, 2.05) is 26.0 Å². The van der Waals surface area contributed by atoms with Crippen LogP contribution in [0.3, 0.4) is 0 Å². The summed E-state index contributed by atoms with van der Waals surface area (Å²) in [4.78, 5) is 25.8. The number of aryl methyl sites for hydroxylation is 2. The summed E-state index contributed by atoms with van der Waals surface area (Å²) in [5, 5.41) is 3.29. The molecule has 1 saturated heterocycles. The number of nitrogens with one attached hydrogen (secondary N) is 1. The van der Waals surface area contributed by atoms with Gasteiger partial charge < -0.3 is 19.7 Å². The van der Waals surface area contributed by atoms with E-state index in [4.69, 9.17) is 9.47 Å². The fourth-order valence-corrected chi connectivity index (χ4v) is 3.90. The molecule has 1 aromatic heterocycles. The van der Waals surface area contributed by atoms with Crippen molar-refractivity contribution in [2.24, 2.45) is 0 Å². The average molecular weight is 428 g/mol. The molecule has 8 heteroatoms. The van der Waals surface area contributed by atoms with Gasteiger partial charge in [-0.1, -0.05) is 12.1 Å². The van der Waals surface area contributed by atoms with Gasteiger partial charge in [0, 0.05) is 32.7 Å². The van der Waals surface area contributed by atoms with Crippen LogP contribution in [-0.2, 0) is 4.74 Å². The van der Waals surface area contributed by atoms with Gasteiger partial charge in [0.2, 0.25) is 5.95 Å². The van der Waals surface area contributed by atoms with Gasteiger partial charge in [0.1, 0.15) is 11.3 Å². The van der Waals surface area contributed by atoms with Crippen molar-refractivity contribution in [3.05, 3.63) is 41.2 Å². The lowest BCUT2D eigenvalue weighted by molar-refractivity contribution is 0.0523. The molecule has 2 heterocycles. The van der Waals surface area contributed by atoms with E-state index in [-0.39, 0.29) is 5.97 Å². The highest BCUT2D eigenvalue weighted by Gasteiger charge is 2.19. The van der Waals surface area contributed by atoms with Crippen molar-refractivity contribution in [1.29, 1.82) is 0 Å². The number of carbonyl (C=O) groups is 1. The third-order valence-electron chi connectivity index (χ3n) is 5.48. The normalized spacial score (nSPS) is 14.4. The Bertz CT molecular complexity index is 858. The molecule has 0 amide bonds. The van der Waals surface area contributed by atoms with E-state index in [0.29, 0.717) is 29.5 Å². The van der Waals surface area contributed by atoms with Gasteiger partial charge in [-0.2, -0.15) is 0 Å². The molecule has 0 aliphatic carbocycles. The van der Waals surface area contributed by atoms with Crippen LogP contribution in [-0.4, -0.2) is 73.8 Å². The first-order valence-electron chi connectivity index (χ1n) is 10.9. The summed E-state index contributed by atoms with van der Waals surface area (Å²) < 4.78 is 10.6. The van der Waals surface area contributed by atoms with Gasteiger partial charge >= 0.3 is 5.97 Å². The molecule has 1 aromatic carbocycles. The van der Waals surface area contributed by atoms with Crippen molar-refractivity contribution in [2.45, 2.75) is 27.2 Å². The van der Waals surface area contributed by atoms with Crippen LogP contribution in [0.15, 0.2) is 24.3 Å². The average Bonchev–Trinajstić information content (AvgIpc) is 2.77. The van der Waals surface area contributed by atoms with E-state index in [9.17, 15) is 4.79 Å². The quantitative estimate of drug-likeness (QED) is 0.483. The standard InChI is InChI=1S/C23H33N5O3/c1-5-31-22(29)21-17(2)25-23(26-18(21)3)24-11-8-12-27-13-15-28(16-14-27)19-9-6-7-10-20(19)30-4/h6-7,9-10H,5,8,11-16H2,1-4H3,(H,24,25,26). The minimum Gasteiger partial charge on any atom is -0.495 e. The molecule has 1 fully saturated rings. The Kier molecular flexibility index (Phi) is 8.06. The molecule has 8 nitrogen and oxygen atoms in total. The van der Waals surface area contributed by atoms with Crippen molar-refractivity contribution in [1.82, 2.24) is 14.9 Å². The molecule has 31 heavy (non-hydrogen) atoms. The van der Waals surface area contributed by atoms with Gasteiger partial charge in [-0.3, -0.25) is 4.90 Å². The first-order chi connectivity index (χ1) is 15.0. The zero-order chi connectivity index (χ0) is 22.2. The molecule has 0 atom stereocenters. The fraction of sp³-hybridized carbons (Fsp3) is 0.522. The maximum absolute atomic E-state index is 12.0. The van der Waals surface area contributed by atoms with Gasteiger partial charge in [0.15, 0.2) is 0 Å². The maximum Gasteiger partial charge on any atom is 0.341 e. The molecule has 1 aliphatic heterocycles. The number of aromatic nitrogens is 2. The molecule has 0 unspecified atom stereocenters. The summed E-state index contributed by atoms with van der Waals surface area (Å²) in [7, 11) is 1.72. The van der Waals surface area contributed by atoms with Crippen molar-refractivity contribution in [3.63, 3.8) is 0 Å². The first kappa shape index (κ1) is 22.8. The maximum atomic E-state index is 12.0. The molecule has 0 bridgehead atoms. The number of methoxy groups -OCH3 is 1. The van der Waals surface area contributed by atoms with Gasteiger partial charge in [0.05, 0.1) is 30.8 Å². The number of rotatable bonds is 9. The second-order valence-electron chi connectivity index (χ2n) is 7.59. The third-order valence-corrected chi connectivity index (χ3v) is 5.48. The lowest BCUT2D eigenvalue weighted by Crippen LogP contribution is -2.47. The van der Waals surface area contributed by atoms with Crippen molar-refractivity contribution in [3.8, 4) is 5.75 Å². The van der Waals surface area contributed by atoms with E-state index in [1.165, 1.54) is 5.69 Å². The monoisotopic (exact) mass is 427 g/mol. The number of esters is 1. The number of hydrogen-bond donors (Lipinski definition) is 1. The molecule has 0 spiro atoms. The topological polar surface area (TPSA) is 79.8 Å². The molecule has 0 radical (unpaired) electrons. The Hall–Kier alpha value is -2.87. The Labute approximate surface area is 184 Å². The number of ether oxygens (including phenoxy) is 2. The summed E-state index contributed by atoms with van der Waals surface area (Å²) in [6.07, 6.45) is 0.996. The Balaban J connectivity index is 1.43. The molecule has 1 N–H and O–H groups in total. The van der Waals surface area contributed by atoms with E-state index >= 15 is 0 Å². The summed E-state index contributed by atoms with van der Waals surface area (Å²) in [6.45, 7) is 11.6. The van der Waals surface area contributed by atoms with Gasteiger partial charge in [-0.25, -0.2) is 14.8 Å². The number of para-hydroxylation sites is 2. The number of anilines is 2. The number of nitrogens with zero attached hydrogens (tertiary/aromatic N) is 4. The van der Waals surface area contributed by atoms with Gasteiger partial charge in [0.25, 0.3) is 0 Å². The molecule has 1 aliphatic rings. The molecular formula is C23H33N5O3. The summed E-state index contributed by atoms with van der Waals surface area (Å²) in [5.41, 5.74) is 2.91. The Morgan fingerprint density at radius 1 is 1.10 bits per heavy atom. The van der Waals surface area contributed by atoms with E-state index < -0.39 is 0 Å². The van der Waals surface area contributed by atoms with Crippen LogP contribution in [0.4, 0.5) is 11.6 Å². The van der Waals surface area contributed by atoms with Crippen molar-refractivity contribution >= 4 is 17.6 Å². The fourth-order valence-electron chi connectivity index (χ4n) is 3.90. The number of hydrogen-bond acceptors (Lipinski definition) is 8. The molecule has 2 aromatic rings. The zero-order valence-electron chi connectivity index (χ0n) is 19.0. The number of benzene rings is 1. The van der Waals surface area contributed by atoms with Crippen LogP contribution in [0.25, 0.3) is 0 Å². The molecule has 168 valence electrons. The van der Waals surface area contributed by atoms with Crippen LogP contribution in [0.5, 0.6) is 5.75 Å². The highest BCUT2D eigenvalue weighted by atomic mass is 16.5. The van der Waals surface area contributed by atoms with Crippen LogP contribution < -0.4 is 15.0 Å². The third kappa shape index (κ3) is 5.85. The van der Waals surface area contributed by atoms with E-state index in [1.54, 1.807) is 14.0 Å². The number of piperazine rings is 1. The highest BCUT2D eigenvalue weighted by molar-refractivity contribution is 5.91. The largest absolute Gasteiger partial charge is 0.495 e. The summed E-state index contributed by atoms with van der Waals surface area (Å²) in [6, 6.07) is 8.19. The summed E-state index contributed by atoms with van der Waals surface area (Å²) in [5.74, 6) is 1.13. The zero-order valence-corrected chi connectivity index (χ0v) is 19.0. The van der Waals surface area contributed by atoms with Crippen LogP contribution in [0.1, 0.15) is 35.1 Å².